The van der Waals surface area contributed by atoms with E-state index in [4.69, 9.17) is 5.11 Å². The van der Waals surface area contributed by atoms with Gasteiger partial charge in [-0.15, -0.1) is 0 Å². The highest BCUT2D eigenvalue weighted by molar-refractivity contribution is 4.68. The summed E-state index contributed by atoms with van der Waals surface area (Å²) < 4.78 is 40.1. The molecule has 0 atom stereocenters. The van der Waals surface area contributed by atoms with Gasteiger partial charge in [-0.25, -0.2) is 0 Å². The Morgan fingerprint density at radius 3 is 2.22 bits per heavy atom. The Hall–Kier alpha value is -0.330. The third kappa shape index (κ3) is 8.72. The lowest BCUT2D eigenvalue weighted by atomic mass is 10.1. The van der Waals surface area contributed by atoms with Gasteiger partial charge in [-0.2, -0.15) is 13.2 Å². The Morgan fingerprint density at radius 2 is 1.78 bits per heavy atom. The maximum Gasteiger partial charge on any atom is 0.411 e. The average molecular weight is 271 g/mol. The van der Waals surface area contributed by atoms with E-state index in [-0.39, 0.29) is 13.2 Å². The zero-order valence-corrected chi connectivity index (χ0v) is 11.2. The molecule has 0 rings (SSSR count). The van der Waals surface area contributed by atoms with Gasteiger partial charge in [0, 0.05) is 25.7 Å². The van der Waals surface area contributed by atoms with Crippen molar-refractivity contribution in [3.8, 4) is 0 Å². The molecule has 0 saturated heterocycles. The van der Waals surface area contributed by atoms with Gasteiger partial charge in [0.25, 0.3) is 0 Å². The summed E-state index contributed by atoms with van der Waals surface area (Å²) in [5.41, 5.74) is 0. The molecule has 6 heteroatoms. The number of ether oxygens (including phenoxy) is 1. The van der Waals surface area contributed by atoms with Crippen molar-refractivity contribution in [2.45, 2.75) is 45.3 Å². The van der Waals surface area contributed by atoms with E-state index >= 15 is 0 Å². The third-order valence-corrected chi connectivity index (χ3v) is 2.85. The lowest BCUT2D eigenvalue weighted by molar-refractivity contribution is -0.174. The first-order chi connectivity index (χ1) is 8.44. The van der Waals surface area contributed by atoms with Crippen LogP contribution in [0.1, 0.15) is 33.1 Å². The molecule has 0 amide bonds. The molecular weight excluding hydrogens is 247 g/mol. The second-order valence-corrected chi connectivity index (χ2v) is 4.25. The van der Waals surface area contributed by atoms with Crippen LogP contribution in [0.2, 0.25) is 0 Å². The number of halogens is 3. The first-order valence-corrected chi connectivity index (χ1v) is 6.44. The molecule has 0 aliphatic rings. The van der Waals surface area contributed by atoms with Gasteiger partial charge in [-0.1, -0.05) is 13.8 Å². The Bertz CT molecular complexity index is 196. The minimum absolute atomic E-state index is 0.0694. The number of nitrogens with zero attached hydrogens (tertiary/aromatic N) is 1. The molecule has 0 aliphatic carbocycles. The first kappa shape index (κ1) is 17.7. The zero-order valence-electron chi connectivity index (χ0n) is 11.2. The molecule has 0 fully saturated rings. The lowest BCUT2D eigenvalue weighted by Crippen LogP contribution is -2.37. The van der Waals surface area contributed by atoms with Gasteiger partial charge in [0.05, 0.1) is 6.61 Å². The molecule has 0 aromatic carbocycles. The standard InChI is InChI=1S/C12H24F3NO2/c1-3-11(4-2)16(7-8-17)6-5-9-18-10-12(13,14)15/h11,17H,3-10H2,1-2H3. The van der Waals surface area contributed by atoms with Crippen LogP contribution in [0.25, 0.3) is 0 Å². The highest BCUT2D eigenvalue weighted by Gasteiger charge is 2.27. The van der Waals surface area contributed by atoms with Crippen LogP contribution in [0.15, 0.2) is 0 Å². The molecule has 0 aromatic rings. The Labute approximate surface area is 107 Å². The van der Waals surface area contributed by atoms with Crippen LogP contribution in [0.4, 0.5) is 13.2 Å². The summed E-state index contributed by atoms with van der Waals surface area (Å²) >= 11 is 0. The van der Waals surface area contributed by atoms with Gasteiger partial charge in [-0.05, 0) is 19.3 Å². The summed E-state index contributed by atoms with van der Waals surface area (Å²) in [5.74, 6) is 0. The molecule has 1 N–H and O–H groups in total. The van der Waals surface area contributed by atoms with Crippen LogP contribution < -0.4 is 0 Å². The molecule has 0 unspecified atom stereocenters. The van der Waals surface area contributed by atoms with E-state index in [0.717, 1.165) is 12.8 Å². The normalized spacial score (nSPS) is 12.7. The number of rotatable bonds is 10. The van der Waals surface area contributed by atoms with Crippen molar-refractivity contribution in [2.75, 3.05) is 32.9 Å². The van der Waals surface area contributed by atoms with E-state index in [0.29, 0.717) is 25.6 Å². The average Bonchev–Trinajstić information content (AvgIpc) is 2.28. The zero-order chi connectivity index (χ0) is 14.0. The van der Waals surface area contributed by atoms with Crippen LogP contribution in [-0.2, 0) is 4.74 Å². The summed E-state index contributed by atoms with van der Waals surface area (Å²) in [6.07, 6.45) is -1.76. The van der Waals surface area contributed by atoms with Crippen LogP contribution in [0, 0.1) is 0 Å². The van der Waals surface area contributed by atoms with Gasteiger partial charge >= 0.3 is 6.18 Å². The quantitative estimate of drug-likeness (QED) is 0.619. The van der Waals surface area contributed by atoms with Crippen molar-refractivity contribution >= 4 is 0 Å². The summed E-state index contributed by atoms with van der Waals surface area (Å²) in [7, 11) is 0. The van der Waals surface area contributed by atoms with Crippen molar-refractivity contribution in [1.29, 1.82) is 0 Å². The van der Waals surface area contributed by atoms with Gasteiger partial charge in [-0.3, -0.25) is 4.90 Å². The van der Waals surface area contributed by atoms with E-state index < -0.39 is 12.8 Å². The van der Waals surface area contributed by atoms with Crippen molar-refractivity contribution in [3.63, 3.8) is 0 Å². The Kier molecular flexibility index (Phi) is 9.40. The predicted molar refractivity (Wildman–Crippen MR) is 64.5 cm³/mol. The maximum absolute atomic E-state index is 11.8. The summed E-state index contributed by atoms with van der Waals surface area (Å²) in [4.78, 5) is 2.11. The minimum atomic E-state index is -4.25. The van der Waals surface area contributed by atoms with Gasteiger partial charge < -0.3 is 9.84 Å². The van der Waals surface area contributed by atoms with Gasteiger partial charge in [0.2, 0.25) is 0 Å². The van der Waals surface area contributed by atoms with Crippen LogP contribution in [0.3, 0.4) is 0 Å². The Balaban J connectivity index is 3.83. The van der Waals surface area contributed by atoms with E-state index in [1.165, 1.54) is 0 Å². The number of hydrogen-bond donors (Lipinski definition) is 1. The van der Waals surface area contributed by atoms with E-state index in [1.807, 2.05) is 0 Å². The maximum atomic E-state index is 11.8. The van der Waals surface area contributed by atoms with Gasteiger partial charge in [0.1, 0.15) is 6.61 Å². The molecule has 110 valence electrons. The van der Waals surface area contributed by atoms with Crippen molar-refractivity contribution in [3.05, 3.63) is 0 Å². The molecule has 0 aromatic heterocycles. The molecule has 0 aliphatic heterocycles. The molecule has 3 nitrogen and oxygen atoms in total. The first-order valence-electron chi connectivity index (χ1n) is 6.44. The molecular formula is C12H24F3NO2. The predicted octanol–water partition coefficient (Wildman–Crippen LogP) is 2.44. The van der Waals surface area contributed by atoms with E-state index in [9.17, 15) is 13.2 Å². The number of hydrogen-bond acceptors (Lipinski definition) is 3. The van der Waals surface area contributed by atoms with Crippen molar-refractivity contribution in [1.82, 2.24) is 4.90 Å². The molecule has 0 heterocycles. The van der Waals surface area contributed by atoms with E-state index in [2.05, 4.69) is 23.5 Å². The third-order valence-electron chi connectivity index (χ3n) is 2.85. The topological polar surface area (TPSA) is 32.7 Å². The highest BCUT2D eigenvalue weighted by Crippen LogP contribution is 2.14. The largest absolute Gasteiger partial charge is 0.411 e. The second kappa shape index (κ2) is 9.58. The molecule has 0 spiro atoms. The van der Waals surface area contributed by atoms with Crippen LogP contribution >= 0.6 is 0 Å². The Morgan fingerprint density at radius 1 is 1.17 bits per heavy atom. The number of alkyl halides is 3. The summed E-state index contributed by atoms with van der Waals surface area (Å²) in [6.45, 7) is 4.34. The fourth-order valence-corrected chi connectivity index (χ4v) is 1.97. The van der Waals surface area contributed by atoms with Crippen molar-refractivity contribution < 1.29 is 23.0 Å². The SMILES string of the molecule is CCC(CC)N(CCO)CCCOCC(F)(F)F. The smallest absolute Gasteiger partial charge is 0.395 e. The monoisotopic (exact) mass is 271 g/mol. The molecule has 0 radical (unpaired) electrons. The fraction of sp³-hybridized carbons (Fsp3) is 1.00. The minimum Gasteiger partial charge on any atom is -0.395 e. The van der Waals surface area contributed by atoms with Gasteiger partial charge in [0.15, 0.2) is 0 Å². The molecule has 0 saturated carbocycles. The molecule has 18 heavy (non-hydrogen) atoms. The summed E-state index contributed by atoms with van der Waals surface area (Å²) in [5, 5.41) is 8.96. The molecule has 0 bridgehead atoms. The summed E-state index contributed by atoms with van der Waals surface area (Å²) in [6, 6.07) is 0.375. The highest BCUT2D eigenvalue weighted by atomic mass is 19.4. The fourth-order valence-electron chi connectivity index (χ4n) is 1.97. The van der Waals surface area contributed by atoms with Crippen LogP contribution in [0.5, 0.6) is 0 Å². The number of aliphatic hydroxyl groups excluding tert-OH is 1. The van der Waals surface area contributed by atoms with Crippen LogP contribution in [-0.4, -0.2) is 55.1 Å². The number of aliphatic hydroxyl groups is 1. The van der Waals surface area contributed by atoms with Crippen molar-refractivity contribution in [2.24, 2.45) is 0 Å². The lowest BCUT2D eigenvalue weighted by Gasteiger charge is -2.29. The van der Waals surface area contributed by atoms with E-state index in [1.54, 1.807) is 0 Å². The second-order valence-electron chi connectivity index (χ2n) is 4.25.